The van der Waals surface area contributed by atoms with Gasteiger partial charge < -0.3 is 5.11 Å². The number of carbonyl (C=O) groups excluding carboxylic acids is 2. The van der Waals surface area contributed by atoms with Crippen LogP contribution in [0.25, 0.3) is 6.08 Å². The van der Waals surface area contributed by atoms with E-state index in [0.29, 0.717) is 0 Å². The number of hydrogen-bond donors (Lipinski definition) is 2. The standard InChI is InChI=1S/C23H31F3N2O4/c1-15(2)13-19(18(21(30)31)12-8-11-17-9-6-5-7-10-17)20(29)27-28(14-16(3)4)22(32)23(24,25)26/h5-11,15-16,18-19H,12-14H2,1-4H3,(H,27,29)(H,30,31)/b11-8+/t18-,19+/m0/s1. The number of carbonyl (C=O) groups is 3. The van der Waals surface area contributed by atoms with Crippen LogP contribution in [0, 0.1) is 23.7 Å². The fourth-order valence-electron chi connectivity index (χ4n) is 3.23. The molecule has 0 saturated heterocycles. The van der Waals surface area contributed by atoms with Gasteiger partial charge in [-0.15, -0.1) is 0 Å². The van der Waals surface area contributed by atoms with Gasteiger partial charge in [0.15, 0.2) is 0 Å². The molecule has 0 saturated carbocycles. The SMILES string of the molecule is CC(C)C[C@@H](C(=O)NN(CC(C)C)C(=O)C(F)(F)F)[C@H](C/C=C/c1ccccc1)C(=O)O. The molecule has 2 atom stereocenters. The summed E-state index contributed by atoms with van der Waals surface area (Å²) in [5, 5.41) is 9.98. The van der Waals surface area contributed by atoms with Gasteiger partial charge in [0.05, 0.1) is 11.8 Å². The Kier molecular flexibility index (Phi) is 10.4. The van der Waals surface area contributed by atoms with Gasteiger partial charge in [-0.25, -0.2) is 5.01 Å². The predicted octanol–water partition coefficient (Wildman–Crippen LogP) is 4.53. The summed E-state index contributed by atoms with van der Waals surface area (Å²) in [6.45, 7) is 6.41. The van der Waals surface area contributed by atoms with Crippen molar-refractivity contribution in [2.45, 2.75) is 46.7 Å². The van der Waals surface area contributed by atoms with Gasteiger partial charge in [-0.2, -0.15) is 13.2 Å². The molecule has 9 heteroatoms. The molecule has 1 rings (SSSR count). The van der Waals surface area contributed by atoms with Crippen molar-refractivity contribution in [2.24, 2.45) is 23.7 Å². The summed E-state index contributed by atoms with van der Waals surface area (Å²) >= 11 is 0. The maximum Gasteiger partial charge on any atom is 0.473 e. The monoisotopic (exact) mass is 456 g/mol. The van der Waals surface area contributed by atoms with Gasteiger partial charge in [-0.05, 0) is 30.2 Å². The van der Waals surface area contributed by atoms with Gasteiger partial charge in [0.25, 0.3) is 0 Å². The number of allylic oxidation sites excluding steroid dienone is 1. The second kappa shape index (κ2) is 12.3. The minimum Gasteiger partial charge on any atom is -0.481 e. The van der Waals surface area contributed by atoms with E-state index in [1.165, 1.54) is 0 Å². The van der Waals surface area contributed by atoms with Crippen molar-refractivity contribution >= 4 is 23.9 Å². The highest BCUT2D eigenvalue weighted by Crippen LogP contribution is 2.26. The summed E-state index contributed by atoms with van der Waals surface area (Å²) in [5.41, 5.74) is 2.89. The van der Waals surface area contributed by atoms with Crippen LogP contribution in [0.4, 0.5) is 13.2 Å². The highest BCUT2D eigenvalue weighted by Gasteiger charge is 2.44. The molecule has 0 aromatic heterocycles. The van der Waals surface area contributed by atoms with Crippen molar-refractivity contribution in [3.63, 3.8) is 0 Å². The predicted molar refractivity (Wildman–Crippen MR) is 115 cm³/mol. The van der Waals surface area contributed by atoms with Gasteiger partial charge in [0, 0.05) is 6.54 Å². The lowest BCUT2D eigenvalue weighted by molar-refractivity contribution is -0.190. The zero-order chi connectivity index (χ0) is 24.5. The van der Waals surface area contributed by atoms with Crippen molar-refractivity contribution < 1.29 is 32.7 Å². The molecule has 178 valence electrons. The van der Waals surface area contributed by atoms with Crippen LogP contribution in [-0.2, 0) is 14.4 Å². The third kappa shape index (κ3) is 9.11. The van der Waals surface area contributed by atoms with Gasteiger partial charge in [0.2, 0.25) is 5.91 Å². The molecule has 0 spiro atoms. The number of nitrogens with zero attached hydrogens (tertiary/aromatic N) is 1. The molecule has 0 unspecified atom stereocenters. The van der Waals surface area contributed by atoms with Crippen molar-refractivity contribution in [2.75, 3.05) is 6.54 Å². The summed E-state index contributed by atoms with van der Waals surface area (Å²) in [4.78, 5) is 36.6. The van der Waals surface area contributed by atoms with Crippen molar-refractivity contribution in [3.05, 3.63) is 42.0 Å². The number of hydrazine groups is 1. The van der Waals surface area contributed by atoms with Crippen LogP contribution in [0.5, 0.6) is 0 Å². The average molecular weight is 457 g/mol. The molecule has 0 fully saturated rings. The van der Waals surface area contributed by atoms with E-state index in [9.17, 15) is 32.7 Å². The van der Waals surface area contributed by atoms with E-state index in [-0.39, 0.29) is 36.2 Å². The minimum absolute atomic E-state index is 0.00638. The molecule has 32 heavy (non-hydrogen) atoms. The second-order valence-corrected chi connectivity index (χ2v) is 8.51. The summed E-state index contributed by atoms with van der Waals surface area (Å²) < 4.78 is 38.9. The number of aliphatic carboxylic acids is 1. The summed E-state index contributed by atoms with van der Waals surface area (Å²) in [5.74, 6) is -7.09. The molecule has 6 nitrogen and oxygen atoms in total. The fourth-order valence-corrected chi connectivity index (χ4v) is 3.23. The average Bonchev–Trinajstić information content (AvgIpc) is 2.68. The maximum atomic E-state index is 13.0. The van der Waals surface area contributed by atoms with Crippen LogP contribution >= 0.6 is 0 Å². The van der Waals surface area contributed by atoms with E-state index in [0.717, 1.165) is 5.56 Å². The first-order chi connectivity index (χ1) is 14.8. The van der Waals surface area contributed by atoms with Crippen LogP contribution < -0.4 is 5.43 Å². The van der Waals surface area contributed by atoms with Crippen LogP contribution in [0.15, 0.2) is 36.4 Å². The summed E-state index contributed by atoms with van der Waals surface area (Å²) in [6, 6.07) is 9.15. The van der Waals surface area contributed by atoms with Crippen LogP contribution in [0.1, 0.15) is 46.1 Å². The third-order valence-electron chi connectivity index (χ3n) is 4.65. The number of rotatable bonds is 10. The Hall–Kier alpha value is -2.84. The third-order valence-corrected chi connectivity index (χ3v) is 4.65. The summed E-state index contributed by atoms with van der Waals surface area (Å²) in [7, 11) is 0. The first kappa shape index (κ1) is 27.2. The first-order valence-corrected chi connectivity index (χ1v) is 10.5. The number of hydrogen-bond acceptors (Lipinski definition) is 3. The lowest BCUT2D eigenvalue weighted by atomic mass is 9.82. The Morgan fingerprint density at radius 3 is 2.09 bits per heavy atom. The van der Waals surface area contributed by atoms with Crippen LogP contribution in [0.2, 0.25) is 0 Å². The normalized spacial score (nSPS) is 13.9. The van der Waals surface area contributed by atoms with E-state index >= 15 is 0 Å². The molecule has 1 aromatic carbocycles. The smallest absolute Gasteiger partial charge is 0.473 e. The molecule has 2 amide bonds. The Morgan fingerprint density at radius 1 is 1.03 bits per heavy atom. The number of carboxylic acid groups (broad SMARTS) is 1. The Labute approximate surface area is 186 Å². The second-order valence-electron chi connectivity index (χ2n) is 8.51. The van der Waals surface area contributed by atoms with Crippen LogP contribution in [0.3, 0.4) is 0 Å². The molecule has 0 aliphatic carbocycles. The molecule has 0 aliphatic heterocycles. The minimum atomic E-state index is -5.17. The number of benzene rings is 1. The maximum absolute atomic E-state index is 13.0. The largest absolute Gasteiger partial charge is 0.481 e. The Morgan fingerprint density at radius 2 is 1.62 bits per heavy atom. The highest BCUT2D eigenvalue weighted by atomic mass is 19.4. The summed E-state index contributed by atoms with van der Waals surface area (Å²) in [6.07, 6.45) is -1.68. The molecular weight excluding hydrogens is 425 g/mol. The van der Waals surface area contributed by atoms with E-state index in [1.807, 2.05) is 35.8 Å². The van der Waals surface area contributed by atoms with Gasteiger partial charge in [0.1, 0.15) is 0 Å². The molecule has 1 aromatic rings. The number of halogens is 3. The van der Waals surface area contributed by atoms with Gasteiger partial charge in [-0.3, -0.25) is 19.8 Å². The van der Waals surface area contributed by atoms with E-state index in [1.54, 1.807) is 39.8 Å². The quantitative estimate of drug-likeness (QED) is 0.507. The number of alkyl halides is 3. The zero-order valence-electron chi connectivity index (χ0n) is 18.7. The van der Waals surface area contributed by atoms with E-state index in [4.69, 9.17) is 0 Å². The molecule has 2 N–H and O–H groups in total. The van der Waals surface area contributed by atoms with Gasteiger partial charge in [-0.1, -0.05) is 70.2 Å². The highest BCUT2D eigenvalue weighted by molar-refractivity contribution is 5.88. The Balaban J connectivity index is 3.11. The molecule has 0 heterocycles. The fraction of sp³-hybridized carbons (Fsp3) is 0.522. The number of carboxylic acids is 1. The van der Waals surface area contributed by atoms with Crippen LogP contribution in [-0.4, -0.2) is 40.6 Å². The number of nitrogens with one attached hydrogen (secondary N) is 1. The zero-order valence-corrected chi connectivity index (χ0v) is 18.7. The van der Waals surface area contributed by atoms with Crippen molar-refractivity contribution in [1.29, 1.82) is 0 Å². The lowest BCUT2D eigenvalue weighted by Crippen LogP contribution is -2.55. The van der Waals surface area contributed by atoms with E-state index in [2.05, 4.69) is 0 Å². The molecular formula is C23H31F3N2O4. The molecule has 0 radical (unpaired) electrons. The number of amides is 2. The lowest BCUT2D eigenvalue weighted by Gasteiger charge is -2.30. The molecule has 0 bridgehead atoms. The van der Waals surface area contributed by atoms with Crippen molar-refractivity contribution in [3.8, 4) is 0 Å². The van der Waals surface area contributed by atoms with E-state index < -0.39 is 35.8 Å². The first-order valence-electron chi connectivity index (χ1n) is 10.5. The topological polar surface area (TPSA) is 86.7 Å². The van der Waals surface area contributed by atoms with Gasteiger partial charge >= 0.3 is 18.1 Å². The molecule has 0 aliphatic rings. The van der Waals surface area contributed by atoms with Crippen molar-refractivity contribution in [1.82, 2.24) is 10.4 Å². The Bertz CT molecular complexity index is 792.